The number of hydrogen-bond acceptors (Lipinski definition) is 6. The van der Waals surface area contributed by atoms with Crippen LogP contribution in [-0.2, 0) is 20.7 Å². The maximum atomic E-state index is 13.9. The van der Waals surface area contributed by atoms with Gasteiger partial charge in [-0.05, 0) is 35.7 Å². The smallest absolute Gasteiger partial charge is 0.246 e. The van der Waals surface area contributed by atoms with Crippen molar-refractivity contribution in [2.75, 3.05) is 60.2 Å². The molecule has 38 heavy (non-hydrogen) atoms. The van der Waals surface area contributed by atoms with Gasteiger partial charge in [0.05, 0.1) is 40.0 Å². The van der Waals surface area contributed by atoms with Gasteiger partial charge in [-0.25, -0.2) is 0 Å². The number of aromatic nitrogens is 1. The van der Waals surface area contributed by atoms with Crippen LogP contribution in [0, 0.1) is 0 Å². The molecule has 1 aromatic heterocycles. The maximum Gasteiger partial charge on any atom is 0.246 e. The largest absolute Gasteiger partial charge is 0.493 e. The number of nitrogens with one attached hydrogen (secondary N) is 1. The standard InChI is InChI=1S/C29H34N4O5/c1-36-24-9-8-19(16-25(24)37-2)28-27-21(20-6-3-4-7-22(20)30-27)17-23-29(35)32(18-26(34)33(23)28)11-5-10-31-12-14-38-15-13-31/h3-4,6-9,16,23,28,30H,5,10-15,17-18H2,1-2H3/t23-,28-/m0/s1. The third-order valence-corrected chi connectivity index (χ3v) is 8.07. The molecule has 0 aliphatic carbocycles. The molecule has 2 atom stereocenters. The average molecular weight is 519 g/mol. The lowest BCUT2D eigenvalue weighted by Gasteiger charge is -2.47. The molecule has 0 radical (unpaired) electrons. The molecule has 2 aromatic carbocycles. The molecule has 3 aromatic rings. The summed E-state index contributed by atoms with van der Waals surface area (Å²) in [6.07, 6.45) is 1.33. The molecule has 4 heterocycles. The van der Waals surface area contributed by atoms with E-state index in [1.165, 1.54) is 0 Å². The number of ether oxygens (including phenoxy) is 3. The Morgan fingerprint density at radius 1 is 1.00 bits per heavy atom. The molecule has 0 bridgehead atoms. The van der Waals surface area contributed by atoms with Gasteiger partial charge in [0.25, 0.3) is 0 Å². The minimum Gasteiger partial charge on any atom is -0.493 e. The SMILES string of the molecule is COc1ccc([C@H]2c3[nH]c4ccccc4c3C[C@H]3C(=O)N(CCCN4CCOCC4)CC(=O)N23)cc1OC. The first kappa shape index (κ1) is 24.8. The summed E-state index contributed by atoms with van der Waals surface area (Å²) in [7, 11) is 3.20. The maximum absolute atomic E-state index is 13.9. The van der Waals surface area contributed by atoms with E-state index < -0.39 is 12.1 Å². The molecular weight excluding hydrogens is 484 g/mol. The Balaban J connectivity index is 1.34. The highest BCUT2D eigenvalue weighted by atomic mass is 16.5. The molecule has 1 N–H and O–H groups in total. The van der Waals surface area contributed by atoms with Crippen LogP contribution in [0.1, 0.15) is 29.3 Å². The lowest BCUT2D eigenvalue weighted by molar-refractivity contribution is -0.158. The van der Waals surface area contributed by atoms with Crippen molar-refractivity contribution in [1.29, 1.82) is 0 Å². The van der Waals surface area contributed by atoms with Crippen LogP contribution in [0.15, 0.2) is 42.5 Å². The van der Waals surface area contributed by atoms with Crippen molar-refractivity contribution >= 4 is 22.7 Å². The highest BCUT2D eigenvalue weighted by Crippen LogP contribution is 2.44. The van der Waals surface area contributed by atoms with Crippen LogP contribution in [0.2, 0.25) is 0 Å². The number of aromatic amines is 1. The Kier molecular flexibility index (Phi) is 6.71. The van der Waals surface area contributed by atoms with Crippen molar-refractivity contribution < 1.29 is 23.8 Å². The molecule has 2 fully saturated rings. The van der Waals surface area contributed by atoms with Crippen molar-refractivity contribution in [3.05, 3.63) is 59.3 Å². The Morgan fingerprint density at radius 2 is 1.79 bits per heavy atom. The normalized spacial score (nSPS) is 21.9. The number of para-hydroxylation sites is 1. The minimum absolute atomic E-state index is 0.0213. The van der Waals surface area contributed by atoms with Crippen LogP contribution in [0.25, 0.3) is 10.9 Å². The van der Waals surface area contributed by atoms with Crippen molar-refractivity contribution in [2.45, 2.75) is 24.9 Å². The first-order chi connectivity index (χ1) is 18.6. The number of H-pyrrole nitrogens is 1. The summed E-state index contributed by atoms with van der Waals surface area (Å²) >= 11 is 0. The van der Waals surface area contributed by atoms with E-state index in [2.05, 4.69) is 16.0 Å². The molecule has 200 valence electrons. The second kappa shape index (κ2) is 10.3. The summed E-state index contributed by atoms with van der Waals surface area (Å²) in [6.45, 7) is 4.91. The van der Waals surface area contributed by atoms with Crippen LogP contribution < -0.4 is 9.47 Å². The second-order valence-corrected chi connectivity index (χ2v) is 10.2. The average Bonchev–Trinajstić information content (AvgIpc) is 3.33. The molecule has 2 amide bonds. The van der Waals surface area contributed by atoms with E-state index in [4.69, 9.17) is 14.2 Å². The number of benzene rings is 2. The van der Waals surface area contributed by atoms with Crippen molar-refractivity contribution in [2.24, 2.45) is 0 Å². The Bertz CT molecular complexity index is 1350. The molecule has 3 aliphatic rings. The predicted octanol–water partition coefficient (Wildman–Crippen LogP) is 2.59. The Labute approximate surface area is 222 Å². The van der Waals surface area contributed by atoms with Gasteiger partial charge >= 0.3 is 0 Å². The van der Waals surface area contributed by atoms with Crippen LogP contribution in [0.3, 0.4) is 0 Å². The third-order valence-electron chi connectivity index (χ3n) is 8.07. The Morgan fingerprint density at radius 3 is 2.58 bits per heavy atom. The van der Waals surface area contributed by atoms with Crippen molar-refractivity contribution in [3.8, 4) is 11.5 Å². The lowest BCUT2D eigenvalue weighted by Crippen LogP contribution is -2.63. The summed E-state index contributed by atoms with van der Waals surface area (Å²) in [5, 5.41) is 1.09. The Hall–Kier alpha value is -3.56. The number of morpholine rings is 1. The molecular formula is C29H34N4O5. The summed E-state index contributed by atoms with van der Waals surface area (Å²) in [5.41, 5.74) is 3.93. The van der Waals surface area contributed by atoms with Crippen LogP contribution >= 0.6 is 0 Å². The number of hydrogen-bond donors (Lipinski definition) is 1. The fourth-order valence-corrected chi connectivity index (χ4v) is 6.19. The fourth-order valence-electron chi connectivity index (χ4n) is 6.19. The molecule has 0 saturated carbocycles. The summed E-state index contributed by atoms with van der Waals surface area (Å²) in [5.74, 6) is 1.19. The topological polar surface area (TPSA) is 87.3 Å². The zero-order valence-electron chi connectivity index (χ0n) is 21.9. The third kappa shape index (κ3) is 4.29. The highest BCUT2D eigenvalue weighted by molar-refractivity contribution is 5.97. The zero-order chi connectivity index (χ0) is 26.2. The molecule has 0 spiro atoms. The van der Waals surface area contributed by atoms with Gasteiger partial charge in [0.1, 0.15) is 6.04 Å². The first-order valence-electron chi connectivity index (χ1n) is 13.3. The number of carbonyl (C=O) groups is 2. The number of methoxy groups -OCH3 is 2. The molecule has 6 rings (SSSR count). The molecule has 3 aliphatic heterocycles. The van der Waals surface area contributed by atoms with Gasteiger partial charge in [-0.1, -0.05) is 24.3 Å². The lowest BCUT2D eigenvalue weighted by atomic mass is 9.86. The number of amides is 2. The van der Waals surface area contributed by atoms with Gasteiger partial charge in [0.15, 0.2) is 11.5 Å². The zero-order valence-corrected chi connectivity index (χ0v) is 21.9. The van der Waals surface area contributed by atoms with E-state index in [0.29, 0.717) is 24.5 Å². The van der Waals surface area contributed by atoms with Crippen molar-refractivity contribution in [3.63, 3.8) is 0 Å². The molecule has 0 unspecified atom stereocenters. The van der Waals surface area contributed by atoms with E-state index in [0.717, 1.165) is 67.0 Å². The highest BCUT2D eigenvalue weighted by Gasteiger charge is 2.48. The van der Waals surface area contributed by atoms with E-state index in [9.17, 15) is 9.59 Å². The molecule has 2 saturated heterocycles. The number of fused-ring (bicyclic) bond motifs is 4. The summed E-state index contributed by atoms with van der Waals surface area (Å²) in [4.78, 5) is 37.2. The van der Waals surface area contributed by atoms with Crippen LogP contribution in [-0.4, -0.2) is 97.7 Å². The molecule has 9 heteroatoms. The number of nitrogens with zero attached hydrogens (tertiary/aromatic N) is 3. The van der Waals surface area contributed by atoms with Gasteiger partial charge in [-0.2, -0.15) is 0 Å². The second-order valence-electron chi connectivity index (χ2n) is 10.2. The van der Waals surface area contributed by atoms with Crippen LogP contribution in [0.5, 0.6) is 11.5 Å². The van der Waals surface area contributed by atoms with Crippen molar-refractivity contribution in [1.82, 2.24) is 19.7 Å². The number of carbonyl (C=O) groups excluding carboxylic acids is 2. The van der Waals surface area contributed by atoms with E-state index in [-0.39, 0.29) is 18.4 Å². The summed E-state index contributed by atoms with van der Waals surface area (Å²) < 4.78 is 16.5. The number of rotatable bonds is 7. The van der Waals surface area contributed by atoms with Gasteiger partial charge in [-0.3, -0.25) is 14.5 Å². The van der Waals surface area contributed by atoms with E-state index in [1.807, 2.05) is 36.4 Å². The predicted molar refractivity (Wildman–Crippen MR) is 142 cm³/mol. The monoisotopic (exact) mass is 518 g/mol. The van der Waals surface area contributed by atoms with E-state index in [1.54, 1.807) is 24.0 Å². The van der Waals surface area contributed by atoms with E-state index >= 15 is 0 Å². The first-order valence-corrected chi connectivity index (χ1v) is 13.3. The van der Waals surface area contributed by atoms with Crippen LogP contribution in [0.4, 0.5) is 0 Å². The van der Waals surface area contributed by atoms with Gasteiger partial charge in [0.2, 0.25) is 11.8 Å². The van der Waals surface area contributed by atoms with Gasteiger partial charge in [0, 0.05) is 49.2 Å². The van der Waals surface area contributed by atoms with Gasteiger partial charge in [-0.15, -0.1) is 0 Å². The molecule has 9 nitrogen and oxygen atoms in total. The fraction of sp³-hybridized carbons (Fsp3) is 0.448. The quantitative estimate of drug-likeness (QED) is 0.518. The van der Waals surface area contributed by atoms with Gasteiger partial charge < -0.3 is 29.0 Å². The number of piperazine rings is 1. The minimum atomic E-state index is -0.551. The summed E-state index contributed by atoms with van der Waals surface area (Å²) in [6, 6.07) is 12.9.